The highest BCUT2D eigenvalue weighted by molar-refractivity contribution is 14.0. The third-order valence-corrected chi connectivity index (χ3v) is 5.22. The van der Waals surface area contributed by atoms with Crippen LogP contribution in [0.4, 0.5) is 11.5 Å². The smallest absolute Gasteiger partial charge is 0.227 e. The third-order valence-electron chi connectivity index (χ3n) is 5.22. The highest BCUT2D eigenvalue weighted by Crippen LogP contribution is 2.23. The lowest BCUT2D eigenvalue weighted by Crippen LogP contribution is -2.40. The van der Waals surface area contributed by atoms with Gasteiger partial charge in [0, 0.05) is 44.5 Å². The second-order valence-corrected chi connectivity index (χ2v) is 7.62. The van der Waals surface area contributed by atoms with Crippen LogP contribution in [0.15, 0.2) is 47.5 Å². The number of aliphatic imine (C=N–C) groups is 1. The molecule has 168 valence electrons. The monoisotopic (exact) mass is 536 g/mol. The Labute approximate surface area is 202 Å². The van der Waals surface area contributed by atoms with Gasteiger partial charge in [0.25, 0.3) is 0 Å². The molecule has 1 fully saturated rings. The maximum absolute atomic E-state index is 12.1. The first-order chi connectivity index (χ1) is 14.5. The van der Waals surface area contributed by atoms with E-state index in [0.717, 1.165) is 18.8 Å². The summed E-state index contributed by atoms with van der Waals surface area (Å²) in [4.78, 5) is 23.2. The van der Waals surface area contributed by atoms with E-state index < -0.39 is 0 Å². The number of rotatable bonds is 7. The van der Waals surface area contributed by atoms with E-state index in [4.69, 9.17) is 0 Å². The first-order valence-corrected chi connectivity index (χ1v) is 10.6. The van der Waals surface area contributed by atoms with Gasteiger partial charge < -0.3 is 20.9 Å². The van der Waals surface area contributed by atoms with Crippen LogP contribution in [0.25, 0.3) is 0 Å². The zero-order valence-corrected chi connectivity index (χ0v) is 20.8. The molecule has 0 bridgehead atoms. The number of halogens is 1. The zero-order valence-electron chi connectivity index (χ0n) is 18.5. The van der Waals surface area contributed by atoms with E-state index in [2.05, 4.69) is 62.0 Å². The van der Waals surface area contributed by atoms with Crippen molar-refractivity contribution in [3.63, 3.8) is 0 Å². The summed E-state index contributed by atoms with van der Waals surface area (Å²) in [6.45, 7) is 6.77. The van der Waals surface area contributed by atoms with E-state index in [9.17, 15) is 4.79 Å². The number of nitrogens with zero attached hydrogens (tertiary/aromatic N) is 3. The number of nitrogens with one attached hydrogen (secondary N) is 3. The van der Waals surface area contributed by atoms with Crippen LogP contribution in [0.5, 0.6) is 0 Å². The predicted octanol–water partition coefficient (Wildman–Crippen LogP) is 3.86. The Morgan fingerprint density at radius 1 is 1.19 bits per heavy atom. The normalized spacial score (nSPS) is 14.5. The molecule has 8 heteroatoms. The molecular formula is C23H33IN6O. The number of carbonyl (C=O) groups excluding carboxylic acids is 1. The van der Waals surface area contributed by atoms with Crippen LogP contribution in [0.2, 0.25) is 0 Å². The van der Waals surface area contributed by atoms with Crippen molar-refractivity contribution >= 4 is 47.3 Å². The number of hydrogen-bond donors (Lipinski definition) is 3. The van der Waals surface area contributed by atoms with Gasteiger partial charge in [-0.3, -0.25) is 9.79 Å². The minimum Gasteiger partial charge on any atom is -0.372 e. The lowest BCUT2D eigenvalue weighted by molar-refractivity contribution is -0.116. The molecule has 0 spiro atoms. The van der Waals surface area contributed by atoms with Crippen molar-refractivity contribution in [2.24, 2.45) is 4.99 Å². The van der Waals surface area contributed by atoms with E-state index in [1.165, 1.54) is 24.1 Å². The summed E-state index contributed by atoms with van der Waals surface area (Å²) in [5, 5.41) is 9.44. The fourth-order valence-electron chi connectivity index (χ4n) is 3.56. The summed E-state index contributed by atoms with van der Waals surface area (Å²) < 4.78 is 0. The maximum Gasteiger partial charge on any atom is 0.227 e. The Hall–Kier alpha value is -2.36. The van der Waals surface area contributed by atoms with Crippen LogP contribution in [0, 0.1) is 6.92 Å². The number of anilines is 2. The van der Waals surface area contributed by atoms with E-state index in [0.29, 0.717) is 24.7 Å². The van der Waals surface area contributed by atoms with Gasteiger partial charge in [-0.2, -0.15) is 0 Å². The molecule has 1 aliphatic rings. The average Bonchev–Trinajstić information content (AvgIpc) is 3.28. The molecule has 0 saturated carbocycles. The average molecular weight is 536 g/mol. The number of aromatic nitrogens is 1. The van der Waals surface area contributed by atoms with E-state index in [-0.39, 0.29) is 35.9 Å². The second kappa shape index (κ2) is 12.5. The molecule has 1 aromatic heterocycles. The Bertz CT molecular complexity index is 882. The lowest BCUT2D eigenvalue weighted by Gasteiger charge is -2.22. The van der Waals surface area contributed by atoms with Crippen molar-refractivity contribution in [2.45, 2.75) is 39.2 Å². The molecule has 2 aromatic rings. The van der Waals surface area contributed by atoms with Gasteiger partial charge in [-0.25, -0.2) is 4.98 Å². The lowest BCUT2D eigenvalue weighted by atomic mass is 10.1. The molecule has 1 aromatic carbocycles. The molecule has 1 saturated heterocycles. The molecule has 3 rings (SSSR count). The number of pyridine rings is 1. The summed E-state index contributed by atoms with van der Waals surface area (Å²) in [6.07, 6.45) is 2.86. The summed E-state index contributed by atoms with van der Waals surface area (Å²) in [7, 11) is 1.74. The summed E-state index contributed by atoms with van der Waals surface area (Å²) in [5.41, 5.74) is 3.37. The number of amides is 1. The molecule has 1 unspecified atom stereocenters. The summed E-state index contributed by atoms with van der Waals surface area (Å²) in [5.74, 6) is 1.17. The van der Waals surface area contributed by atoms with Crippen LogP contribution in [-0.2, 0) is 4.79 Å². The van der Waals surface area contributed by atoms with Crippen LogP contribution in [0.3, 0.4) is 0 Å². The summed E-state index contributed by atoms with van der Waals surface area (Å²) >= 11 is 0. The van der Waals surface area contributed by atoms with Gasteiger partial charge in [-0.05, 0) is 56.5 Å². The van der Waals surface area contributed by atoms with Crippen LogP contribution in [0.1, 0.15) is 43.5 Å². The van der Waals surface area contributed by atoms with Gasteiger partial charge >= 0.3 is 0 Å². The number of benzene rings is 1. The number of aryl methyl sites for hydroxylation is 1. The molecule has 1 atom stereocenters. The highest BCUT2D eigenvalue weighted by atomic mass is 127. The van der Waals surface area contributed by atoms with Crippen LogP contribution in [-0.4, -0.2) is 43.5 Å². The molecule has 0 aliphatic carbocycles. The van der Waals surface area contributed by atoms with Gasteiger partial charge in [0.05, 0.1) is 6.04 Å². The number of carbonyl (C=O) groups is 1. The molecular weight excluding hydrogens is 503 g/mol. The Kier molecular flexibility index (Phi) is 10.0. The van der Waals surface area contributed by atoms with Crippen molar-refractivity contribution in [1.82, 2.24) is 15.6 Å². The topological polar surface area (TPSA) is 81.6 Å². The Balaban J connectivity index is 0.00000341. The van der Waals surface area contributed by atoms with E-state index >= 15 is 0 Å². The van der Waals surface area contributed by atoms with Crippen molar-refractivity contribution in [3.05, 3.63) is 53.7 Å². The highest BCUT2D eigenvalue weighted by Gasteiger charge is 2.14. The van der Waals surface area contributed by atoms with Gasteiger partial charge in [0.1, 0.15) is 5.82 Å². The van der Waals surface area contributed by atoms with Crippen molar-refractivity contribution in [3.8, 4) is 0 Å². The fraction of sp³-hybridized carbons (Fsp3) is 0.435. The molecule has 1 aliphatic heterocycles. The van der Waals surface area contributed by atoms with E-state index in [1.807, 2.05) is 19.1 Å². The maximum atomic E-state index is 12.1. The molecule has 2 heterocycles. The minimum atomic E-state index is -0.0811. The second-order valence-electron chi connectivity index (χ2n) is 7.62. The SMILES string of the molecule is CN=C(NCCC(=O)Nc1cccc(C)n1)NC(C)c1cccc(N2CCCC2)c1.I. The van der Waals surface area contributed by atoms with Gasteiger partial charge in [-0.1, -0.05) is 18.2 Å². The quantitative estimate of drug-likeness (QED) is 0.285. The van der Waals surface area contributed by atoms with Crippen molar-refractivity contribution in [2.75, 3.05) is 36.9 Å². The first kappa shape index (κ1) is 24.9. The van der Waals surface area contributed by atoms with E-state index in [1.54, 1.807) is 13.1 Å². The number of guanidine groups is 1. The zero-order chi connectivity index (χ0) is 21.3. The molecule has 7 nitrogen and oxygen atoms in total. The van der Waals surface area contributed by atoms with Crippen LogP contribution < -0.4 is 20.9 Å². The van der Waals surface area contributed by atoms with Gasteiger partial charge in [0.2, 0.25) is 5.91 Å². The molecule has 31 heavy (non-hydrogen) atoms. The largest absolute Gasteiger partial charge is 0.372 e. The Morgan fingerprint density at radius 3 is 2.65 bits per heavy atom. The van der Waals surface area contributed by atoms with Crippen molar-refractivity contribution in [1.29, 1.82) is 0 Å². The summed E-state index contributed by atoms with van der Waals surface area (Å²) in [6, 6.07) is 14.3. The molecule has 0 radical (unpaired) electrons. The molecule has 3 N–H and O–H groups in total. The van der Waals surface area contributed by atoms with Gasteiger partial charge in [-0.15, -0.1) is 24.0 Å². The molecule has 1 amide bonds. The number of hydrogen-bond acceptors (Lipinski definition) is 4. The standard InChI is InChI=1S/C23H32N6O.HI/c1-17-8-6-11-21(26-17)28-22(30)12-13-25-23(24-3)27-18(2)19-9-7-10-20(16-19)29-14-4-5-15-29;/h6-11,16,18H,4-5,12-15H2,1-3H3,(H2,24,25,27)(H,26,28,30);1H. The van der Waals surface area contributed by atoms with Crippen LogP contribution >= 0.6 is 24.0 Å². The Morgan fingerprint density at radius 2 is 1.94 bits per heavy atom. The van der Waals surface area contributed by atoms with Gasteiger partial charge in [0.15, 0.2) is 5.96 Å². The predicted molar refractivity (Wildman–Crippen MR) is 138 cm³/mol. The third kappa shape index (κ3) is 7.68. The minimum absolute atomic E-state index is 0. The fourth-order valence-corrected chi connectivity index (χ4v) is 3.56. The first-order valence-electron chi connectivity index (χ1n) is 10.6. The van der Waals surface area contributed by atoms with Crippen molar-refractivity contribution < 1.29 is 4.79 Å².